The molecule has 3 rings (SSSR count). The van der Waals surface area contributed by atoms with Gasteiger partial charge in [-0.25, -0.2) is 4.98 Å². The van der Waals surface area contributed by atoms with E-state index in [9.17, 15) is 4.79 Å². The first kappa shape index (κ1) is 14.4. The van der Waals surface area contributed by atoms with Crippen LogP contribution in [-0.2, 0) is 0 Å². The first-order valence-corrected chi connectivity index (χ1v) is 7.41. The summed E-state index contributed by atoms with van der Waals surface area (Å²) in [5.41, 5.74) is 2.40. The maximum atomic E-state index is 12.3. The number of amides is 1. The third-order valence-corrected chi connectivity index (χ3v) is 3.53. The molecule has 0 saturated carbocycles. The highest BCUT2D eigenvalue weighted by molar-refractivity contribution is 5.94. The van der Waals surface area contributed by atoms with Crippen LogP contribution >= 0.6 is 0 Å². The number of para-hydroxylation sites is 2. The standard InChI is InChI=1S/C17H19N3O2/c1-11(2)9-15(20-17(21)12-7-8-22-10-12)16-18-13-5-3-4-6-14(13)19-16/h3-8,10-11,15H,9H2,1-2H3,(H,18,19)(H,20,21). The molecule has 1 aromatic carbocycles. The average Bonchev–Trinajstić information content (AvgIpc) is 3.15. The third-order valence-electron chi connectivity index (χ3n) is 3.53. The zero-order valence-electron chi connectivity index (χ0n) is 12.7. The molecular weight excluding hydrogens is 278 g/mol. The highest BCUT2D eigenvalue weighted by Crippen LogP contribution is 2.22. The van der Waals surface area contributed by atoms with Gasteiger partial charge in [-0.15, -0.1) is 0 Å². The SMILES string of the molecule is CC(C)CC(NC(=O)c1ccoc1)c1nc2ccccc2[nH]1. The van der Waals surface area contributed by atoms with Gasteiger partial charge < -0.3 is 14.7 Å². The third kappa shape index (κ3) is 3.03. The van der Waals surface area contributed by atoms with Gasteiger partial charge in [0.1, 0.15) is 12.1 Å². The molecule has 2 aromatic heterocycles. The Morgan fingerprint density at radius 2 is 2.14 bits per heavy atom. The first-order chi connectivity index (χ1) is 10.6. The molecule has 0 aliphatic rings. The van der Waals surface area contributed by atoms with Crippen LogP contribution in [0.1, 0.15) is 42.5 Å². The maximum Gasteiger partial charge on any atom is 0.255 e. The molecule has 0 fully saturated rings. The summed E-state index contributed by atoms with van der Waals surface area (Å²) >= 11 is 0. The van der Waals surface area contributed by atoms with Crippen molar-refractivity contribution in [2.45, 2.75) is 26.3 Å². The van der Waals surface area contributed by atoms with Gasteiger partial charge in [0.05, 0.1) is 28.9 Å². The Morgan fingerprint density at radius 1 is 1.32 bits per heavy atom. The number of rotatable bonds is 5. The normalized spacial score (nSPS) is 12.7. The van der Waals surface area contributed by atoms with E-state index in [1.54, 1.807) is 6.07 Å². The number of fused-ring (bicyclic) bond motifs is 1. The summed E-state index contributed by atoms with van der Waals surface area (Å²) in [6.45, 7) is 4.25. The summed E-state index contributed by atoms with van der Waals surface area (Å²) in [5.74, 6) is 1.06. The van der Waals surface area contributed by atoms with Gasteiger partial charge in [-0.1, -0.05) is 26.0 Å². The van der Waals surface area contributed by atoms with E-state index in [0.29, 0.717) is 11.5 Å². The number of carbonyl (C=O) groups is 1. The van der Waals surface area contributed by atoms with E-state index in [4.69, 9.17) is 4.42 Å². The molecule has 0 saturated heterocycles. The number of aromatic amines is 1. The maximum absolute atomic E-state index is 12.3. The second-order valence-electron chi connectivity index (χ2n) is 5.81. The van der Waals surface area contributed by atoms with E-state index in [1.165, 1.54) is 12.5 Å². The van der Waals surface area contributed by atoms with E-state index in [0.717, 1.165) is 23.3 Å². The van der Waals surface area contributed by atoms with Crippen molar-refractivity contribution in [3.8, 4) is 0 Å². The summed E-state index contributed by atoms with van der Waals surface area (Å²) < 4.78 is 4.97. The first-order valence-electron chi connectivity index (χ1n) is 7.41. The van der Waals surface area contributed by atoms with Crippen LogP contribution in [0.15, 0.2) is 47.3 Å². The van der Waals surface area contributed by atoms with Crippen molar-refractivity contribution >= 4 is 16.9 Å². The summed E-state index contributed by atoms with van der Waals surface area (Å²) in [4.78, 5) is 20.2. The Morgan fingerprint density at radius 3 is 2.82 bits per heavy atom. The predicted molar refractivity (Wildman–Crippen MR) is 84.5 cm³/mol. The Kier molecular flexibility index (Phi) is 3.96. The topological polar surface area (TPSA) is 70.9 Å². The Labute approximate surface area is 128 Å². The van der Waals surface area contributed by atoms with Crippen molar-refractivity contribution in [2.24, 2.45) is 5.92 Å². The van der Waals surface area contributed by atoms with E-state index < -0.39 is 0 Å². The van der Waals surface area contributed by atoms with Crippen LogP contribution in [-0.4, -0.2) is 15.9 Å². The number of benzene rings is 1. The molecule has 5 nitrogen and oxygen atoms in total. The molecular formula is C17H19N3O2. The number of nitrogens with zero attached hydrogens (tertiary/aromatic N) is 1. The van der Waals surface area contributed by atoms with Crippen LogP contribution in [0, 0.1) is 5.92 Å². The van der Waals surface area contributed by atoms with E-state index >= 15 is 0 Å². The smallest absolute Gasteiger partial charge is 0.255 e. The van der Waals surface area contributed by atoms with Crippen LogP contribution in [0.3, 0.4) is 0 Å². The van der Waals surface area contributed by atoms with Gasteiger partial charge in [0.2, 0.25) is 0 Å². The molecule has 0 bridgehead atoms. The number of H-pyrrole nitrogens is 1. The second kappa shape index (κ2) is 6.05. The fourth-order valence-electron chi connectivity index (χ4n) is 2.48. The van der Waals surface area contributed by atoms with E-state index in [-0.39, 0.29) is 11.9 Å². The molecule has 0 aliphatic heterocycles. The summed E-state index contributed by atoms with van der Waals surface area (Å²) in [6.07, 6.45) is 3.75. The molecule has 1 atom stereocenters. The zero-order valence-corrected chi connectivity index (χ0v) is 12.7. The lowest BCUT2D eigenvalue weighted by Gasteiger charge is -2.18. The molecule has 0 aliphatic carbocycles. The fraction of sp³-hybridized carbons (Fsp3) is 0.294. The fourth-order valence-corrected chi connectivity index (χ4v) is 2.48. The van der Waals surface area contributed by atoms with Crippen LogP contribution < -0.4 is 5.32 Å². The highest BCUT2D eigenvalue weighted by Gasteiger charge is 2.20. The molecule has 5 heteroatoms. The minimum absolute atomic E-state index is 0.153. The molecule has 0 spiro atoms. The highest BCUT2D eigenvalue weighted by atomic mass is 16.3. The van der Waals surface area contributed by atoms with Crippen molar-refractivity contribution in [1.82, 2.24) is 15.3 Å². The van der Waals surface area contributed by atoms with Crippen LogP contribution in [0.5, 0.6) is 0 Å². The number of imidazole rings is 1. The van der Waals surface area contributed by atoms with Crippen LogP contribution in [0.4, 0.5) is 0 Å². The number of hydrogen-bond acceptors (Lipinski definition) is 3. The van der Waals surface area contributed by atoms with Crippen LogP contribution in [0.2, 0.25) is 0 Å². The lowest BCUT2D eigenvalue weighted by Crippen LogP contribution is -2.30. The van der Waals surface area contributed by atoms with Gasteiger partial charge in [-0.3, -0.25) is 4.79 Å². The van der Waals surface area contributed by atoms with Gasteiger partial charge >= 0.3 is 0 Å². The minimum Gasteiger partial charge on any atom is -0.472 e. The summed E-state index contributed by atoms with van der Waals surface area (Å²) in [7, 11) is 0. The zero-order chi connectivity index (χ0) is 15.5. The number of carbonyl (C=O) groups excluding carboxylic acids is 1. The number of nitrogens with one attached hydrogen (secondary N) is 2. The predicted octanol–water partition coefficient (Wildman–Crippen LogP) is 3.67. The van der Waals surface area contributed by atoms with Crippen molar-refractivity contribution in [2.75, 3.05) is 0 Å². The van der Waals surface area contributed by atoms with Gasteiger partial charge in [-0.2, -0.15) is 0 Å². The van der Waals surface area contributed by atoms with Gasteiger partial charge in [0, 0.05) is 0 Å². The molecule has 3 aromatic rings. The molecule has 2 heterocycles. The molecule has 22 heavy (non-hydrogen) atoms. The largest absolute Gasteiger partial charge is 0.472 e. The Hall–Kier alpha value is -2.56. The Balaban J connectivity index is 1.87. The Bertz CT molecular complexity index is 726. The number of hydrogen-bond donors (Lipinski definition) is 2. The van der Waals surface area contributed by atoms with Crippen molar-refractivity contribution < 1.29 is 9.21 Å². The van der Waals surface area contributed by atoms with Gasteiger partial charge in [-0.05, 0) is 30.5 Å². The van der Waals surface area contributed by atoms with Crippen LogP contribution in [0.25, 0.3) is 11.0 Å². The quantitative estimate of drug-likeness (QED) is 0.754. The van der Waals surface area contributed by atoms with Gasteiger partial charge in [0.15, 0.2) is 0 Å². The van der Waals surface area contributed by atoms with Crippen molar-refractivity contribution in [1.29, 1.82) is 0 Å². The molecule has 1 unspecified atom stereocenters. The molecule has 0 radical (unpaired) electrons. The number of aromatic nitrogens is 2. The number of furan rings is 1. The van der Waals surface area contributed by atoms with E-state index in [2.05, 4.69) is 29.1 Å². The van der Waals surface area contributed by atoms with Crippen molar-refractivity contribution in [3.63, 3.8) is 0 Å². The average molecular weight is 297 g/mol. The summed E-state index contributed by atoms with van der Waals surface area (Å²) in [5, 5.41) is 3.04. The molecule has 1 amide bonds. The summed E-state index contributed by atoms with van der Waals surface area (Å²) in [6, 6.07) is 9.35. The minimum atomic E-state index is -0.158. The molecule has 114 valence electrons. The van der Waals surface area contributed by atoms with E-state index in [1.807, 2.05) is 24.3 Å². The molecule has 2 N–H and O–H groups in total. The lowest BCUT2D eigenvalue weighted by atomic mass is 10.0. The van der Waals surface area contributed by atoms with Gasteiger partial charge in [0.25, 0.3) is 5.91 Å². The second-order valence-corrected chi connectivity index (χ2v) is 5.81. The lowest BCUT2D eigenvalue weighted by molar-refractivity contribution is 0.0929. The monoisotopic (exact) mass is 297 g/mol. The van der Waals surface area contributed by atoms with Crippen molar-refractivity contribution in [3.05, 3.63) is 54.2 Å².